The lowest BCUT2D eigenvalue weighted by atomic mass is 10.0. The van der Waals surface area contributed by atoms with Crippen molar-refractivity contribution in [3.8, 4) is 0 Å². The van der Waals surface area contributed by atoms with Gasteiger partial charge in [0.25, 0.3) is 16.1 Å². The molecule has 2 aromatic heterocycles. The minimum atomic E-state index is -4.02. The van der Waals surface area contributed by atoms with Gasteiger partial charge in [0, 0.05) is 41.7 Å². The van der Waals surface area contributed by atoms with Crippen molar-refractivity contribution in [2.45, 2.75) is 55.0 Å². The SMILES string of the molecule is CC1C(c2nc(SCc3ccc(C(=N)N)cc3)n(C(=O)c3ccsc3)n2)CC(O)N1S(=O)(=O)N1CCC(O)C1. The molecule has 12 nitrogen and oxygen atoms in total. The Morgan fingerprint density at radius 1 is 1.23 bits per heavy atom. The number of hydrogen-bond acceptors (Lipinski definition) is 10. The third-order valence-corrected chi connectivity index (χ3v) is 10.8. The molecule has 0 aliphatic carbocycles. The number of carbonyl (C=O) groups excluding carboxylic acids is 1. The lowest BCUT2D eigenvalue weighted by Crippen LogP contribution is -2.48. The number of nitrogens with zero attached hydrogens (tertiary/aromatic N) is 5. The van der Waals surface area contributed by atoms with E-state index in [1.807, 2.05) is 12.1 Å². The van der Waals surface area contributed by atoms with Crippen LogP contribution in [0.25, 0.3) is 0 Å². The number of aliphatic hydroxyl groups excluding tert-OH is 2. The van der Waals surface area contributed by atoms with Gasteiger partial charge in [-0.25, -0.2) is 4.98 Å². The number of aliphatic hydroxyl groups is 2. The molecule has 39 heavy (non-hydrogen) atoms. The van der Waals surface area contributed by atoms with Crippen molar-refractivity contribution in [2.24, 2.45) is 5.73 Å². The van der Waals surface area contributed by atoms with Crippen LogP contribution in [0.4, 0.5) is 0 Å². The Labute approximate surface area is 234 Å². The second kappa shape index (κ2) is 11.1. The number of thioether (sulfide) groups is 1. The quantitative estimate of drug-likeness (QED) is 0.171. The first-order valence-corrected chi connectivity index (χ1v) is 15.6. The Morgan fingerprint density at radius 3 is 2.59 bits per heavy atom. The number of nitrogens with one attached hydrogen (secondary N) is 1. The molecule has 0 amide bonds. The lowest BCUT2D eigenvalue weighted by molar-refractivity contribution is 0.0774. The number of aromatic nitrogens is 3. The first-order valence-electron chi connectivity index (χ1n) is 12.3. The molecule has 5 N–H and O–H groups in total. The van der Waals surface area contributed by atoms with Gasteiger partial charge in [0.15, 0.2) is 11.0 Å². The molecular weight excluding hydrogens is 563 g/mol. The van der Waals surface area contributed by atoms with Gasteiger partial charge in [-0.1, -0.05) is 36.0 Å². The predicted octanol–water partition coefficient (Wildman–Crippen LogP) is 1.41. The molecule has 4 heterocycles. The van der Waals surface area contributed by atoms with Gasteiger partial charge >= 0.3 is 0 Å². The second-order valence-electron chi connectivity index (χ2n) is 9.58. The highest BCUT2D eigenvalue weighted by Crippen LogP contribution is 2.39. The van der Waals surface area contributed by atoms with Crippen molar-refractivity contribution >= 4 is 45.1 Å². The fourth-order valence-corrected chi connectivity index (χ4v) is 8.29. The van der Waals surface area contributed by atoms with E-state index in [1.165, 1.54) is 32.1 Å². The maximum absolute atomic E-state index is 13.3. The molecule has 2 saturated heterocycles. The summed E-state index contributed by atoms with van der Waals surface area (Å²) in [5, 5.41) is 36.6. The van der Waals surface area contributed by atoms with E-state index in [0.717, 1.165) is 9.87 Å². The van der Waals surface area contributed by atoms with Gasteiger partial charge in [-0.05, 0) is 36.8 Å². The fourth-order valence-electron chi connectivity index (χ4n) is 4.85. The van der Waals surface area contributed by atoms with E-state index in [4.69, 9.17) is 11.1 Å². The van der Waals surface area contributed by atoms with E-state index in [2.05, 4.69) is 10.1 Å². The fraction of sp³-hybridized carbons (Fsp3) is 0.417. The normalized spacial score (nSPS) is 24.4. The standard InChI is InChI=1S/C24H29N7O5S3/c1-14-19(10-20(33)31(14)39(35,36)29-8-6-18(32)11-29)22-27-24(30(28-22)23(34)17-7-9-37-13-17)38-12-15-2-4-16(5-3-15)21(25)26/h2-5,7,9,13-14,18-20,32-33H,6,8,10-12H2,1H3,(H3,25,26). The van der Waals surface area contributed by atoms with Crippen LogP contribution in [0.1, 0.15) is 53.0 Å². The van der Waals surface area contributed by atoms with E-state index in [-0.39, 0.29) is 37.1 Å². The molecule has 4 atom stereocenters. The highest BCUT2D eigenvalue weighted by Gasteiger charge is 2.49. The molecule has 3 aromatic rings. The lowest BCUT2D eigenvalue weighted by Gasteiger charge is -2.29. The maximum Gasteiger partial charge on any atom is 0.284 e. The van der Waals surface area contributed by atoms with Crippen LogP contribution in [0.2, 0.25) is 0 Å². The minimum absolute atomic E-state index is 0.0147. The Hall–Kier alpha value is -2.66. The van der Waals surface area contributed by atoms with Gasteiger partial charge in [-0.15, -0.1) is 5.10 Å². The van der Waals surface area contributed by atoms with Crippen molar-refractivity contribution < 1.29 is 23.4 Å². The van der Waals surface area contributed by atoms with Crippen LogP contribution in [0, 0.1) is 5.41 Å². The molecule has 2 aliphatic heterocycles. The Bertz CT molecular complexity index is 1460. The van der Waals surface area contributed by atoms with Crippen LogP contribution in [0.3, 0.4) is 0 Å². The Morgan fingerprint density at radius 2 is 1.97 bits per heavy atom. The number of carbonyl (C=O) groups is 1. The summed E-state index contributed by atoms with van der Waals surface area (Å²) in [7, 11) is -4.02. The van der Waals surface area contributed by atoms with Crippen molar-refractivity contribution in [2.75, 3.05) is 13.1 Å². The Balaban J connectivity index is 1.42. The topological polar surface area (TPSA) is 179 Å². The number of rotatable bonds is 8. The third-order valence-electron chi connectivity index (χ3n) is 6.98. The van der Waals surface area contributed by atoms with Gasteiger partial charge in [-0.2, -0.15) is 33.0 Å². The van der Waals surface area contributed by atoms with E-state index in [9.17, 15) is 23.4 Å². The third kappa shape index (κ3) is 5.52. The highest BCUT2D eigenvalue weighted by molar-refractivity contribution is 7.98. The molecule has 0 bridgehead atoms. The molecule has 15 heteroatoms. The van der Waals surface area contributed by atoms with E-state index in [1.54, 1.807) is 35.9 Å². The molecule has 2 fully saturated rings. The molecule has 0 saturated carbocycles. The van der Waals surface area contributed by atoms with E-state index < -0.39 is 34.5 Å². The van der Waals surface area contributed by atoms with Crippen molar-refractivity contribution in [1.29, 1.82) is 5.41 Å². The number of benzene rings is 1. The predicted molar refractivity (Wildman–Crippen MR) is 147 cm³/mol. The largest absolute Gasteiger partial charge is 0.392 e. The Kier molecular flexibility index (Phi) is 7.92. The average molecular weight is 592 g/mol. The summed E-state index contributed by atoms with van der Waals surface area (Å²) in [6.07, 6.45) is -1.60. The smallest absolute Gasteiger partial charge is 0.284 e. The van der Waals surface area contributed by atoms with Crippen LogP contribution in [-0.2, 0) is 16.0 Å². The zero-order valence-corrected chi connectivity index (χ0v) is 23.5. The summed E-state index contributed by atoms with van der Waals surface area (Å²) in [4.78, 5) is 17.9. The summed E-state index contributed by atoms with van der Waals surface area (Å²) in [6.45, 7) is 1.86. The van der Waals surface area contributed by atoms with Crippen LogP contribution >= 0.6 is 23.1 Å². The molecule has 0 radical (unpaired) electrons. The molecule has 4 unspecified atom stereocenters. The van der Waals surface area contributed by atoms with Crippen molar-refractivity contribution in [3.05, 3.63) is 63.6 Å². The summed E-state index contributed by atoms with van der Waals surface area (Å²) < 4.78 is 30.1. The van der Waals surface area contributed by atoms with Crippen LogP contribution < -0.4 is 5.73 Å². The first kappa shape index (κ1) is 27.9. The zero-order valence-electron chi connectivity index (χ0n) is 21.0. The number of nitrogens with two attached hydrogens (primary N) is 1. The first-order chi connectivity index (χ1) is 18.6. The summed E-state index contributed by atoms with van der Waals surface area (Å²) in [6, 6.07) is 8.22. The molecule has 0 spiro atoms. The van der Waals surface area contributed by atoms with Crippen LogP contribution in [-0.4, -0.2) is 85.2 Å². The van der Waals surface area contributed by atoms with Gasteiger partial charge < -0.3 is 15.9 Å². The summed E-state index contributed by atoms with van der Waals surface area (Å²) >= 11 is 2.69. The van der Waals surface area contributed by atoms with Gasteiger partial charge in [0.05, 0.1) is 11.7 Å². The number of amidine groups is 1. The molecule has 5 rings (SSSR count). The number of β-amino-alcohol motifs (C(OH)–C–C–N with tert-alkyl or cyclic N) is 1. The van der Waals surface area contributed by atoms with Gasteiger partial charge in [0.1, 0.15) is 12.1 Å². The zero-order chi connectivity index (χ0) is 27.9. The molecular formula is C24H29N7O5S3. The summed E-state index contributed by atoms with van der Waals surface area (Å²) in [5.41, 5.74) is 7.54. The van der Waals surface area contributed by atoms with E-state index >= 15 is 0 Å². The van der Waals surface area contributed by atoms with Gasteiger partial charge in [-0.3, -0.25) is 10.2 Å². The van der Waals surface area contributed by atoms with E-state index in [0.29, 0.717) is 28.5 Å². The average Bonchev–Trinajstić information content (AvgIpc) is 3.70. The summed E-state index contributed by atoms with van der Waals surface area (Å²) in [5.74, 6) is -0.184. The highest BCUT2D eigenvalue weighted by atomic mass is 32.2. The molecule has 1 aromatic carbocycles. The molecule has 208 valence electrons. The number of nitrogen functional groups attached to an aromatic ring is 1. The minimum Gasteiger partial charge on any atom is -0.392 e. The number of hydrogen-bond donors (Lipinski definition) is 4. The van der Waals surface area contributed by atoms with Gasteiger partial charge in [0.2, 0.25) is 0 Å². The van der Waals surface area contributed by atoms with Crippen LogP contribution in [0.15, 0.2) is 46.2 Å². The number of thiophene rings is 1. The second-order valence-corrected chi connectivity index (χ2v) is 13.1. The van der Waals surface area contributed by atoms with Crippen molar-refractivity contribution in [1.82, 2.24) is 23.4 Å². The van der Waals surface area contributed by atoms with Crippen LogP contribution in [0.5, 0.6) is 0 Å². The molecule has 2 aliphatic rings. The van der Waals surface area contributed by atoms with Crippen molar-refractivity contribution in [3.63, 3.8) is 0 Å². The monoisotopic (exact) mass is 591 g/mol. The maximum atomic E-state index is 13.3.